The molecular weight excluding hydrogens is 310 g/mol. The number of carbonyl (C=O) groups excluding carboxylic acids is 1. The fraction of sp³-hybridized carbons (Fsp3) is 0.278. The second-order valence-electron chi connectivity index (χ2n) is 5.65. The van der Waals surface area contributed by atoms with E-state index >= 15 is 0 Å². The number of rotatable bonds is 4. The van der Waals surface area contributed by atoms with Gasteiger partial charge in [0.2, 0.25) is 0 Å². The van der Waals surface area contributed by atoms with Crippen molar-refractivity contribution in [1.29, 1.82) is 0 Å². The molecule has 4 nitrogen and oxygen atoms in total. The maximum Gasteiger partial charge on any atom is 0.259 e. The number of sulfone groups is 1. The summed E-state index contributed by atoms with van der Waals surface area (Å²) >= 11 is 0. The van der Waals surface area contributed by atoms with Gasteiger partial charge in [-0.05, 0) is 36.6 Å². The van der Waals surface area contributed by atoms with Gasteiger partial charge in [-0.25, -0.2) is 8.42 Å². The number of hydrogen-bond donors (Lipinski definition) is 0. The molecule has 0 atom stereocenters. The minimum absolute atomic E-state index is 0.0495. The minimum atomic E-state index is -3.44. The van der Waals surface area contributed by atoms with Crippen molar-refractivity contribution in [2.75, 3.05) is 17.2 Å². The molecule has 0 saturated heterocycles. The molecule has 2 aromatic carbocycles. The molecule has 1 aliphatic rings. The van der Waals surface area contributed by atoms with Crippen LogP contribution in [-0.2, 0) is 16.3 Å². The van der Waals surface area contributed by atoms with Crippen molar-refractivity contribution < 1.29 is 13.2 Å². The molecule has 1 amide bonds. The van der Waals surface area contributed by atoms with Crippen LogP contribution in [0.25, 0.3) is 0 Å². The zero-order valence-electron chi connectivity index (χ0n) is 13.0. The Kier molecular flexibility index (Phi) is 4.22. The van der Waals surface area contributed by atoms with Crippen LogP contribution in [0.3, 0.4) is 0 Å². The van der Waals surface area contributed by atoms with Gasteiger partial charge in [0.1, 0.15) is 0 Å². The van der Waals surface area contributed by atoms with Crippen molar-refractivity contribution in [3.8, 4) is 0 Å². The Morgan fingerprint density at radius 2 is 1.78 bits per heavy atom. The topological polar surface area (TPSA) is 54.5 Å². The van der Waals surface area contributed by atoms with Gasteiger partial charge in [-0.1, -0.05) is 37.3 Å². The molecule has 0 aliphatic carbocycles. The highest BCUT2D eigenvalue weighted by Crippen LogP contribution is 2.30. The molecule has 0 fully saturated rings. The van der Waals surface area contributed by atoms with Crippen LogP contribution in [0, 0.1) is 0 Å². The van der Waals surface area contributed by atoms with E-state index in [-0.39, 0.29) is 22.1 Å². The Morgan fingerprint density at radius 1 is 1.09 bits per heavy atom. The molecule has 0 spiro atoms. The second-order valence-corrected chi connectivity index (χ2v) is 7.73. The molecule has 23 heavy (non-hydrogen) atoms. The van der Waals surface area contributed by atoms with Gasteiger partial charge in [0, 0.05) is 12.2 Å². The molecular formula is C18H19NO3S. The first-order valence-corrected chi connectivity index (χ1v) is 9.41. The lowest BCUT2D eigenvalue weighted by Gasteiger charge is -2.19. The second kappa shape index (κ2) is 6.16. The van der Waals surface area contributed by atoms with Crippen molar-refractivity contribution in [3.05, 3.63) is 59.7 Å². The largest absolute Gasteiger partial charge is 0.308 e. The molecule has 0 unspecified atom stereocenters. The Bertz CT molecular complexity index is 843. The summed E-state index contributed by atoms with van der Waals surface area (Å²) in [6, 6.07) is 14.3. The lowest BCUT2D eigenvalue weighted by Crippen LogP contribution is -2.30. The predicted octanol–water partition coefficient (Wildman–Crippen LogP) is 3.07. The molecule has 120 valence electrons. The summed E-state index contributed by atoms with van der Waals surface area (Å²) in [6.45, 7) is 2.40. The third kappa shape index (κ3) is 2.88. The van der Waals surface area contributed by atoms with Crippen molar-refractivity contribution in [1.82, 2.24) is 0 Å². The monoisotopic (exact) mass is 329 g/mol. The van der Waals surface area contributed by atoms with Crippen molar-refractivity contribution >= 4 is 21.4 Å². The smallest absolute Gasteiger partial charge is 0.259 e. The van der Waals surface area contributed by atoms with E-state index in [2.05, 4.69) is 0 Å². The molecule has 2 aromatic rings. The first-order chi connectivity index (χ1) is 11.0. The molecule has 3 rings (SSSR count). The quantitative estimate of drug-likeness (QED) is 0.866. The van der Waals surface area contributed by atoms with Crippen LogP contribution in [0.1, 0.15) is 29.3 Å². The Labute approximate surface area is 136 Å². The molecule has 0 bridgehead atoms. The number of hydrogen-bond acceptors (Lipinski definition) is 3. The third-order valence-corrected chi connectivity index (χ3v) is 6.03. The number of carbonyl (C=O) groups is 1. The van der Waals surface area contributed by atoms with Crippen molar-refractivity contribution in [3.63, 3.8) is 0 Å². The van der Waals surface area contributed by atoms with Gasteiger partial charge < -0.3 is 4.90 Å². The van der Waals surface area contributed by atoms with E-state index in [1.165, 1.54) is 6.07 Å². The van der Waals surface area contributed by atoms with Gasteiger partial charge in [0.05, 0.1) is 16.2 Å². The fourth-order valence-corrected chi connectivity index (χ4v) is 4.52. The maximum atomic E-state index is 12.9. The van der Waals surface area contributed by atoms with Gasteiger partial charge in [0.25, 0.3) is 5.91 Å². The normalized spacial score (nSPS) is 13.9. The van der Waals surface area contributed by atoms with E-state index in [0.29, 0.717) is 13.0 Å². The summed E-state index contributed by atoms with van der Waals surface area (Å²) in [7, 11) is -3.44. The van der Waals surface area contributed by atoms with Crippen molar-refractivity contribution in [2.45, 2.75) is 24.7 Å². The molecule has 0 saturated carbocycles. The Morgan fingerprint density at radius 3 is 2.57 bits per heavy atom. The van der Waals surface area contributed by atoms with Crippen LogP contribution >= 0.6 is 0 Å². The van der Waals surface area contributed by atoms with E-state index in [1.807, 2.05) is 31.2 Å². The summed E-state index contributed by atoms with van der Waals surface area (Å²) in [5, 5.41) is 0. The first-order valence-electron chi connectivity index (χ1n) is 7.76. The summed E-state index contributed by atoms with van der Waals surface area (Å²) in [6.07, 6.45) is 1.32. The molecule has 0 radical (unpaired) electrons. The van der Waals surface area contributed by atoms with Crippen LogP contribution < -0.4 is 4.90 Å². The molecule has 1 heterocycles. The average Bonchev–Trinajstić information content (AvgIpc) is 2.98. The third-order valence-electron chi connectivity index (χ3n) is 4.06. The van der Waals surface area contributed by atoms with Gasteiger partial charge in [-0.2, -0.15) is 0 Å². The number of anilines is 1. The summed E-state index contributed by atoms with van der Waals surface area (Å²) in [4.78, 5) is 14.8. The summed E-state index contributed by atoms with van der Waals surface area (Å²) in [5.74, 6) is -0.196. The number of amides is 1. The van der Waals surface area contributed by atoms with E-state index in [1.54, 1.807) is 23.1 Å². The maximum absolute atomic E-state index is 12.9. The highest BCUT2D eigenvalue weighted by Gasteiger charge is 2.29. The predicted molar refractivity (Wildman–Crippen MR) is 90.6 cm³/mol. The zero-order valence-corrected chi connectivity index (χ0v) is 13.8. The van der Waals surface area contributed by atoms with Gasteiger partial charge >= 0.3 is 0 Å². The van der Waals surface area contributed by atoms with Gasteiger partial charge in [-0.3, -0.25) is 4.79 Å². The Hall–Kier alpha value is -2.14. The average molecular weight is 329 g/mol. The minimum Gasteiger partial charge on any atom is -0.308 e. The summed E-state index contributed by atoms with van der Waals surface area (Å²) < 4.78 is 24.9. The lowest BCUT2D eigenvalue weighted by molar-refractivity contribution is 0.0986. The van der Waals surface area contributed by atoms with Gasteiger partial charge in [0.15, 0.2) is 9.84 Å². The fourth-order valence-electron chi connectivity index (χ4n) is 2.99. The van der Waals surface area contributed by atoms with E-state index in [9.17, 15) is 13.2 Å². The van der Waals surface area contributed by atoms with E-state index in [0.717, 1.165) is 17.7 Å². The highest BCUT2D eigenvalue weighted by atomic mass is 32.2. The van der Waals surface area contributed by atoms with Crippen LogP contribution in [0.2, 0.25) is 0 Å². The lowest BCUT2D eigenvalue weighted by atomic mass is 10.1. The number of benzene rings is 2. The molecule has 0 N–H and O–H groups in total. The first kappa shape index (κ1) is 15.7. The highest BCUT2D eigenvalue weighted by molar-refractivity contribution is 7.91. The SMILES string of the molecule is CCCS(=O)(=O)c1ccccc1C(=O)N1CCc2ccccc21. The number of nitrogens with zero attached hydrogens (tertiary/aromatic N) is 1. The van der Waals surface area contributed by atoms with E-state index in [4.69, 9.17) is 0 Å². The van der Waals surface area contributed by atoms with Gasteiger partial charge in [-0.15, -0.1) is 0 Å². The van der Waals surface area contributed by atoms with Crippen molar-refractivity contribution in [2.24, 2.45) is 0 Å². The standard InChI is InChI=1S/C18H19NO3S/c1-2-13-23(21,22)17-10-6-4-8-15(17)18(20)19-12-11-14-7-3-5-9-16(14)19/h3-10H,2,11-13H2,1H3. The number of fused-ring (bicyclic) bond motifs is 1. The van der Waals surface area contributed by atoms with Crippen LogP contribution in [0.15, 0.2) is 53.4 Å². The van der Waals surface area contributed by atoms with E-state index < -0.39 is 9.84 Å². The summed E-state index contributed by atoms with van der Waals surface area (Å²) in [5.41, 5.74) is 2.26. The molecule has 5 heteroatoms. The number of para-hydroxylation sites is 1. The van der Waals surface area contributed by atoms with Crippen LogP contribution in [-0.4, -0.2) is 26.6 Å². The molecule has 0 aromatic heterocycles. The van der Waals surface area contributed by atoms with Crippen LogP contribution in [0.4, 0.5) is 5.69 Å². The molecule has 1 aliphatic heterocycles. The van der Waals surface area contributed by atoms with Crippen LogP contribution in [0.5, 0.6) is 0 Å². The zero-order chi connectivity index (χ0) is 16.4. The Balaban J connectivity index is 2.02.